The van der Waals surface area contributed by atoms with Gasteiger partial charge in [0.2, 0.25) is 0 Å². The van der Waals surface area contributed by atoms with Crippen molar-refractivity contribution in [3.8, 4) is 0 Å². The summed E-state index contributed by atoms with van der Waals surface area (Å²) in [4.78, 5) is 12.1. The minimum absolute atomic E-state index is 0.146. The molecule has 0 heterocycles. The molecule has 0 aliphatic heterocycles. The van der Waals surface area contributed by atoms with Gasteiger partial charge in [-0.2, -0.15) is 0 Å². The fourth-order valence-electron chi connectivity index (χ4n) is 3.20. The summed E-state index contributed by atoms with van der Waals surface area (Å²) in [6.45, 7) is 22.2. The van der Waals surface area contributed by atoms with Gasteiger partial charge in [-0.15, -0.1) is 0 Å². The second kappa shape index (κ2) is 12.7. The molecule has 0 amide bonds. The van der Waals surface area contributed by atoms with Gasteiger partial charge < -0.3 is 17.7 Å². The van der Waals surface area contributed by atoms with E-state index in [1.54, 1.807) is 0 Å². The van der Waals surface area contributed by atoms with Gasteiger partial charge in [-0.3, -0.25) is 0 Å². The quantitative estimate of drug-likeness (QED) is 0.283. The van der Waals surface area contributed by atoms with Gasteiger partial charge >= 0.3 is 15.0 Å². The molecule has 6 heteroatoms. The molecule has 0 saturated carbocycles. The highest BCUT2D eigenvalue weighted by Crippen LogP contribution is 2.25. The molecule has 0 fully saturated rings. The van der Waals surface area contributed by atoms with Gasteiger partial charge in [-0.05, 0) is 57.8 Å². The summed E-state index contributed by atoms with van der Waals surface area (Å²) in [5.41, 5.74) is 0. The SMILES string of the molecule is C=CC(=O)O[Si](OC(C)CC(C)C)(OC(C)CC(C)C)OC(C)CC(C)C. The molecule has 0 aromatic heterocycles. The summed E-state index contributed by atoms with van der Waals surface area (Å²) in [6.07, 6.45) is 3.16. The van der Waals surface area contributed by atoms with Crippen molar-refractivity contribution in [2.45, 2.75) is 99.9 Å². The number of hydrogen-bond acceptors (Lipinski definition) is 5. The second-order valence-electron chi connectivity index (χ2n) is 8.80. The third-order valence-corrected chi connectivity index (χ3v) is 6.36. The molecule has 0 radical (unpaired) electrons. The van der Waals surface area contributed by atoms with E-state index in [2.05, 4.69) is 48.1 Å². The summed E-state index contributed by atoms with van der Waals surface area (Å²) in [7, 11) is -3.69. The lowest BCUT2D eigenvalue weighted by Gasteiger charge is -2.34. The van der Waals surface area contributed by atoms with Crippen molar-refractivity contribution in [3.05, 3.63) is 12.7 Å². The maximum absolute atomic E-state index is 12.1. The van der Waals surface area contributed by atoms with Crippen LogP contribution < -0.4 is 0 Å². The van der Waals surface area contributed by atoms with Crippen molar-refractivity contribution in [2.24, 2.45) is 17.8 Å². The Balaban J connectivity index is 5.63. The normalized spacial score (nSPS) is 17.6. The first-order valence-corrected chi connectivity index (χ1v) is 11.9. The summed E-state index contributed by atoms with van der Waals surface area (Å²) < 4.78 is 24.3. The molecule has 0 rings (SSSR count). The number of carbonyl (C=O) groups is 1. The van der Waals surface area contributed by atoms with Crippen LogP contribution in [-0.4, -0.2) is 33.3 Å². The third-order valence-electron chi connectivity index (χ3n) is 3.84. The first-order valence-electron chi connectivity index (χ1n) is 10.3. The van der Waals surface area contributed by atoms with Gasteiger partial charge in [0, 0.05) is 6.08 Å². The zero-order valence-electron chi connectivity index (χ0n) is 18.9. The standard InChI is InChI=1S/C21H42O5Si/c1-11-21(22)26-27(23-18(8)12-15(2)3,24-19(9)13-16(4)5)25-20(10)14-17(6)7/h11,15-20H,1,12-14H2,2-10H3. The van der Waals surface area contributed by atoms with E-state index < -0.39 is 15.0 Å². The zero-order valence-corrected chi connectivity index (χ0v) is 19.9. The molecular formula is C21H42O5Si. The molecule has 0 bridgehead atoms. The van der Waals surface area contributed by atoms with Crippen molar-refractivity contribution in [1.82, 2.24) is 0 Å². The van der Waals surface area contributed by atoms with Gasteiger partial charge in [-0.1, -0.05) is 48.1 Å². The predicted octanol–water partition coefficient (Wildman–Crippen LogP) is 5.50. The molecule has 0 aliphatic rings. The fraction of sp³-hybridized carbons (Fsp3) is 0.857. The Morgan fingerprint density at radius 2 is 1.04 bits per heavy atom. The lowest BCUT2D eigenvalue weighted by Crippen LogP contribution is -2.55. The first-order chi connectivity index (χ1) is 12.4. The van der Waals surface area contributed by atoms with Crippen LogP contribution in [-0.2, 0) is 22.5 Å². The highest BCUT2D eigenvalue weighted by atomic mass is 28.4. The summed E-state index contributed by atoms with van der Waals surface area (Å²) in [5.74, 6) is 0.765. The lowest BCUT2D eigenvalue weighted by atomic mass is 10.1. The van der Waals surface area contributed by atoms with E-state index in [0.717, 1.165) is 25.3 Å². The van der Waals surface area contributed by atoms with Crippen molar-refractivity contribution >= 4 is 15.0 Å². The van der Waals surface area contributed by atoms with E-state index in [-0.39, 0.29) is 18.3 Å². The van der Waals surface area contributed by atoms with Gasteiger partial charge in [0.15, 0.2) is 0 Å². The Labute approximate surface area is 168 Å². The van der Waals surface area contributed by atoms with Crippen LogP contribution in [0.5, 0.6) is 0 Å². The maximum Gasteiger partial charge on any atom is 0.752 e. The molecule has 0 N–H and O–H groups in total. The van der Waals surface area contributed by atoms with E-state index in [9.17, 15) is 4.79 Å². The summed E-state index contributed by atoms with van der Waals surface area (Å²) >= 11 is 0. The largest absolute Gasteiger partial charge is 0.752 e. The molecule has 0 saturated heterocycles. The zero-order chi connectivity index (χ0) is 21.2. The van der Waals surface area contributed by atoms with Crippen LogP contribution in [0.4, 0.5) is 0 Å². The molecule has 5 nitrogen and oxygen atoms in total. The Kier molecular flexibility index (Phi) is 12.4. The minimum atomic E-state index is -3.69. The van der Waals surface area contributed by atoms with Crippen LogP contribution in [0.25, 0.3) is 0 Å². The Hall–Kier alpha value is -0.693. The molecule has 0 aliphatic carbocycles. The Morgan fingerprint density at radius 3 is 1.26 bits per heavy atom. The van der Waals surface area contributed by atoms with E-state index in [1.807, 2.05) is 20.8 Å². The number of hydrogen-bond donors (Lipinski definition) is 0. The average molecular weight is 403 g/mol. The van der Waals surface area contributed by atoms with Crippen molar-refractivity contribution in [3.63, 3.8) is 0 Å². The van der Waals surface area contributed by atoms with Crippen molar-refractivity contribution in [1.29, 1.82) is 0 Å². The van der Waals surface area contributed by atoms with E-state index in [1.165, 1.54) is 0 Å². The second-order valence-corrected chi connectivity index (χ2v) is 10.7. The molecule has 3 unspecified atom stereocenters. The predicted molar refractivity (Wildman–Crippen MR) is 112 cm³/mol. The summed E-state index contributed by atoms with van der Waals surface area (Å²) in [5, 5.41) is 0. The molecule has 27 heavy (non-hydrogen) atoms. The highest BCUT2D eigenvalue weighted by molar-refractivity contribution is 6.56. The van der Waals surface area contributed by atoms with Crippen LogP contribution >= 0.6 is 0 Å². The lowest BCUT2D eigenvalue weighted by molar-refractivity contribution is -0.145. The van der Waals surface area contributed by atoms with Crippen molar-refractivity contribution < 1.29 is 22.5 Å². The number of rotatable bonds is 14. The van der Waals surface area contributed by atoms with Crippen molar-refractivity contribution in [2.75, 3.05) is 0 Å². The summed E-state index contributed by atoms with van der Waals surface area (Å²) in [6, 6.07) is 0. The van der Waals surface area contributed by atoms with Crippen LogP contribution in [0.15, 0.2) is 12.7 Å². The van der Waals surface area contributed by atoms with Crippen LogP contribution in [0, 0.1) is 17.8 Å². The molecule has 0 aromatic carbocycles. The van der Waals surface area contributed by atoms with Gasteiger partial charge in [0.05, 0.1) is 18.3 Å². The van der Waals surface area contributed by atoms with E-state index in [0.29, 0.717) is 17.8 Å². The smallest absolute Gasteiger partial charge is 0.449 e. The van der Waals surface area contributed by atoms with Gasteiger partial charge in [0.25, 0.3) is 0 Å². The monoisotopic (exact) mass is 402 g/mol. The average Bonchev–Trinajstić information content (AvgIpc) is 2.43. The topological polar surface area (TPSA) is 54.0 Å². The van der Waals surface area contributed by atoms with Crippen LogP contribution in [0.2, 0.25) is 0 Å². The minimum Gasteiger partial charge on any atom is -0.449 e. The van der Waals surface area contributed by atoms with Gasteiger partial charge in [0.1, 0.15) is 0 Å². The molecule has 0 spiro atoms. The van der Waals surface area contributed by atoms with Crippen LogP contribution in [0.3, 0.4) is 0 Å². The Morgan fingerprint density at radius 1 is 0.741 bits per heavy atom. The molecule has 0 aromatic rings. The molecule has 160 valence electrons. The number of carbonyl (C=O) groups excluding carboxylic acids is 1. The first kappa shape index (κ1) is 26.3. The third kappa shape index (κ3) is 12.4. The molecule has 3 atom stereocenters. The molecular weight excluding hydrogens is 360 g/mol. The van der Waals surface area contributed by atoms with E-state index in [4.69, 9.17) is 17.7 Å². The van der Waals surface area contributed by atoms with E-state index >= 15 is 0 Å². The highest BCUT2D eigenvalue weighted by Gasteiger charge is 2.53. The fourth-order valence-corrected chi connectivity index (χ4v) is 5.60. The Bertz CT molecular complexity index is 391. The van der Waals surface area contributed by atoms with Gasteiger partial charge in [-0.25, -0.2) is 4.79 Å². The maximum atomic E-state index is 12.1. The van der Waals surface area contributed by atoms with Crippen LogP contribution in [0.1, 0.15) is 81.6 Å².